The van der Waals surface area contributed by atoms with E-state index in [0.717, 1.165) is 17.0 Å². The normalized spacial score (nSPS) is 15.3. The van der Waals surface area contributed by atoms with Crippen LogP contribution < -0.4 is 11.0 Å². The highest BCUT2D eigenvalue weighted by atomic mass is 31.2. The van der Waals surface area contributed by atoms with Crippen molar-refractivity contribution in [1.29, 1.82) is 0 Å². The Labute approximate surface area is 118 Å². The van der Waals surface area contributed by atoms with Crippen LogP contribution in [0.2, 0.25) is 0 Å². The number of benzene rings is 1. The Morgan fingerprint density at radius 3 is 2.50 bits per heavy atom. The number of anilines is 1. The number of aromatic nitrogens is 2. The molecule has 4 nitrogen and oxygen atoms in total. The van der Waals surface area contributed by atoms with Crippen molar-refractivity contribution in [3.05, 3.63) is 36.3 Å². The molecule has 0 bridgehead atoms. The molecule has 1 fully saturated rings. The molecule has 1 aliphatic rings. The van der Waals surface area contributed by atoms with Gasteiger partial charge in [0.15, 0.2) is 0 Å². The molecule has 0 radical (unpaired) electrons. The summed E-state index contributed by atoms with van der Waals surface area (Å²) < 4.78 is 12.3. The number of rotatable bonds is 3. The molecule has 5 heteroatoms. The van der Waals surface area contributed by atoms with Crippen LogP contribution in [-0.2, 0) is 4.57 Å². The molecule has 0 amide bonds. The summed E-state index contributed by atoms with van der Waals surface area (Å²) in [6.07, 6.45) is 6.07. The molecule has 0 unspecified atom stereocenters. The summed E-state index contributed by atoms with van der Waals surface area (Å²) in [5.74, 6) is 0.602. The first-order valence-corrected chi connectivity index (χ1v) is 9.32. The van der Waals surface area contributed by atoms with Gasteiger partial charge in [-0.2, -0.15) is 0 Å². The van der Waals surface area contributed by atoms with Crippen molar-refractivity contribution < 1.29 is 4.57 Å². The van der Waals surface area contributed by atoms with E-state index in [-0.39, 0.29) is 0 Å². The van der Waals surface area contributed by atoms with Gasteiger partial charge in [0.05, 0.1) is 17.6 Å². The van der Waals surface area contributed by atoms with Crippen LogP contribution in [0.4, 0.5) is 5.69 Å². The van der Waals surface area contributed by atoms with Gasteiger partial charge in [-0.1, -0.05) is 6.07 Å². The van der Waals surface area contributed by atoms with E-state index in [0.29, 0.717) is 16.9 Å². The smallest absolute Gasteiger partial charge is 0.111 e. The molecule has 1 aromatic carbocycles. The van der Waals surface area contributed by atoms with Crippen molar-refractivity contribution in [2.24, 2.45) is 0 Å². The summed E-state index contributed by atoms with van der Waals surface area (Å²) in [6.45, 7) is 3.45. The molecule has 1 aromatic heterocycles. The molecular weight excluding hydrogens is 269 g/mol. The van der Waals surface area contributed by atoms with Crippen molar-refractivity contribution >= 4 is 18.1 Å². The van der Waals surface area contributed by atoms with Crippen LogP contribution in [0.1, 0.15) is 24.5 Å². The zero-order valence-electron chi connectivity index (χ0n) is 11.7. The van der Waals surface area contributed by atoms with Crippen LogP contribution >= 0.6 is 7.14 Å². The minimum absolute atomic E-state index is 0.574. The summed E-state index contributed by atoms with van der Waals surface area (Å²) in [4.78, 5) is 8.94. The predicted molar refractivity (Wildman–Crippen MR) is 82.9 cm³/mol. The second kappa shape index (κ2) is 4.71. The zero-order chi connectivity index (χ0) is 14.3. The lowest BCUT2D eigenvalue weighted by molar-refractivity contribution is 0.588. The van der Waals surface area contributed by atoms with E-state index in [2.05, 4.69) is 9.97 Å². The molecular formula is C15H18N3OP. The van der Waals surface area contributed by atoms with E-state index in [1.807, 2.05) is 18.3 Å². The Morgan fingerprint density at radius 1 is 1.20 bits per heavy atom. The quantitative estimate of drug-likeness (QED) is 0.696. The van der Waals surface area contributed by atoms with Crippen molar-refractivity contribution in [2.75, 3.05) is 19.1 Å². The standard InChI is InChI=1S/C15H18N3OP/c1-20(2,19)15-7-11(5-6-12(15)16)14-9-17-13(8-18-14)10-3-4-10/h5-10H,3-4,16H2,1-2H3. The summed E-state index contributed by atoms with van der Waals surface area (Å²) >= 11 is 0. The molecule has 2 aromatic rings. The van der Waals surface area contributed by atoms with Crippen LogP contribution in [0.5, 0.6) is 0 Å². The van der Waals surface area contributed by atoms with Gasteiger partial charge >= 0.3 is 0 Å². The molecule has 1 aliphatic carbocycles. The first-order chi connectivity index (χ1) is 9.45. The number of nitrogens with zero attached hydrogens (tertiary/aromatic N) is 2. The minimum Gasteiger partial charge on any atom is -0.398 e. The minimum atomic E-state index is -2.39. The number of nitrogens with two attached hydrogens (primary N) is 1. The van der Waals surface area contributed by atoms with Gasteiger partial charge in [0.1, 0.15) is 7.14 Å². The summed E-state index contributed by atoms with van der Waals surface area (Å²) in [5, 5.41) is 0.711. The maximum atomic E-state index is 12.3. The molecule has 0 spiro atoms. The van der Waals surface area contributed by atoms with E-state index in [1.54, 1.807) is 25.6 Å². The lowest BCUT2D eigenvalue weighted by Crippen LogP contribution is -2.10. The van der Waals surface area contributed by atoms with Crippen LogP contribution in [0.3, 0.4) is 0 Å². The predicted octanol–water partition coefficient (Wildman–Crippen LogP) is 2.85. The van der Waals surface area contributed by atoms with E-state index >= 15 is 0 Å². The highest BCUT2D eigenvalue weighted by molar-refractivity contribution is 7.70. The Morgan fingerprint density at radius 2 is 1.95 bits per heavy atom. The lowest BCUT2D eigenvalue weighted by Gasteiger charge is -2.12. The number of hydrogen-bond donors (Lipinski definition) is 1. The average molecular weight is 287 g/mol. The van der Waals surface area contributed by atoms with Crippen molar-refractivity contribution in [1.82, 2.24) is 9.97 Å². The fourth-order valence-electron chi connectivity index (χ4n) is 2.25. The molecule has 0 saturated heterocycles. The first kappa shape index (κ1) is 13.3. The fraction of sp³-hybridized carbons (Fsp3) is 0.333. The largest absolute Gasteiger partial charge is 0.398 e. The van der Waals surface area contributed by atoms with Gasteiger partial charge in [0.25, 0.3) is 0 Å². The lowest BCUT2D eigenvalue weighted by atomic mass is 10.1. The number of hydrogen-bond acceptors (Lipinski definition) is 4. The second-order valence-corrected chi connectivity index (χ2v) is 8.91. The zero-order valence-corrected chi connectivity index (χ0v) is 12.6. The van der Waals surface area contributed by atoms with Crippen molar-refractivity contribution in [2.45, 2.75) is 18.8 Å². The summed E-state index contributed by atoms with van der Waals surface area (Å²) in [5.41, 5.74) is 9.27. The maximum absolute atomic E-state index is 12.3. The molecule has 2 N–H and O–H groups in total. The van der Waals surface area contributed by atoms with Gasteiger partial charge in [-0.3, -0.25) is 9.97 Å². The molecule has 1 saturated carbocycles. The third-order valence-corrected chi connectivity index (χ3v) is 5.12. The Kier molecular flexibility index (Phi) is 3.14. The molecule has 0 atom stereocenters. The van der Waals surface area contributed by atoms with E-state index < -0.39 is 7.14 Å². The monoisotopic (exact) mass is 287 g/mol. The molecule has 0 aliphatic heterocycles. The fourth-order valence-corrected chi connectivity index (χ4v) is 3.39. The first-order valence-electron chi connectivity index (χ1n) is 6.72. The molecule has 104 valence electrons. The van der Waals surface area contributed by atoms with E-state index in [4.69, 9.17) is 5.73 Å². The SMILES string of the molecule is CP(C)(=O)c1cc(-c2cnc(C3CC3)cn2)ccc1N. The van der Waals surface area contributed by atoms with Crippen molar-refractivity contribution in [3.8, 4) is 11.3 Å². The highest BCUT2D eigenvalue weighted by Crippen LogP contribution is 2.39. The molecule has 20 heavy (non-hydrogen) atoms. The topological polar surface area (TPSA) is 68.9 Å². The summed E-state index contributed by atoms with van der Waals surface area (Å²) in [6, 6.07) is 5.56. The number of nitrogen functional groups attached to an aromatic ring is 1. The van der Waals surface area contributed by atoms with Crippen LogP contribution in [-0.4, -0.2) is 23.3 Å². The van der Waals surface area contributed by atoms with Crippen LogP contribution in [0.15, 0.2) is 30.6 Å². The van der Waals surface area contributed by atoms with Gasteiger partial charge in [0, 0.05) is 28.7 Å². The van der Waals surface area contributed by atoms with Gasteiger partial charge in [-0.25, -0.2) is 0 Å². The Bertz CT molecular complexity index is 687. The van der Waals surface area contributed by atoms with Crippen molar-refractivity contribution in [3.63, 3.8) is 0 Å². The second-order valence-electron chi connectivity index (χ2n) is 5.73. The Balaban J connectivity index is 1.99. The maximum Gasteiger partial charge on any atom is 0.111 e. The summed E-state index contributed by atoms with van der Waals surface area (Å²) in [7, 11) is -2.39. The van der Waals surface area contributed by atoms with Crippen LogP contribution in [0, 0.1) is 0 Å². The average Bonchev–Trinajstić information content (AvgIpc) is 3.22. The third kappa shape index (κ3) is 2.61. The molecule has 1 heterocycles. The van der Waals surface area contributed by atoms with Crippen LogP contribution in [0.25, 0.3) is 11.3 Å². The van der Waals surface area contributed by atoms with E-state index in [9.17, 15) is 4.57 Å². The van der Waals surface area contributed by atoms with Gasteiger partial charge in [-0.15, -0.1) is 0 Å². The third-order valence-electron chi connectivity index (χ3n) is 3.57. The van der Waals surface area contributed by atoms with Gasteiger partial charge < -0.3 is 10.3 Å². The molecule has 3 rings (SSSR count). The highest BCUT2D eigenvalue weighted by Gasteiger charge is 2.25. The Hall–Kier alpha value is -1.67. The van der Waals surface area contributed by atoms with Gasteiger partial charge in [-0.05, 0) is 38.3 Å². The van der Waals surface area contributed by atoms with E-state index in [1.165, 1.54) is 12.8 Å². The van der Waals surface area contributed by atoms with Gasteiger partial charge in [0.2, 0.25) is 0 Å².